The molecule has 1 aliphatic heterocycles. The molecule has 0 spiro atoms. The van der Waals surface area contributed by atoms with Crippen molar-refractivity contribution >= 4 is 33.1 Å². The van der Waals surface area contributed by atoms with Gasteiger partial charge < -0.3 is 11.1 Å². The minimum Gasteiger partial charge on any atom is -0.382 e. The van der Waals surface area contributed by atoms with Crippen molar-refractivity contribution in [3.05, 3.63) is 83.9 Å². The Kier molecular flexibility index (Phi) is 6.48. The van der Waals surface area contributed by atoms with Gasteiger partial charge in [0, 0.05) is 41.7 Å². The van der Waals surface area contributed by atoms with Crippen LogP contribution in [-0.2, 0) is 10.0 Å². The van der Waals surface area contributed by atoms with Gasteiger partial charge in [0.1, 0.15) is 28.7 Å². The molecule has 10 nitrogen and oxygen atoms in total. The van der Waals surface area contributed by atoms with Crippen molar-refractivity contribution < 1.29 is 13.2 Å². The zero-order valence-electron chi connectivity index (χ0n) is 20.3. The number of nitrogens with one attached hydrogen (secondary N) is 1. The smallest absolute Gasteiger partial charge is 0.256 e. The summed E-state index contributed by atoms with van der Waals surface area (Å²) in [5.74, 6) is 1.03. The first kappa shape index (κ1) is 24.6. The standard InChI is InChI=1S/C26H27N7O3S/c1-3-37(35,36)33-14-7-5-8-20(33)25-31-22(23-24(27)29-13-15-32(23)25)19-11-10-18(16-17(19)2)26(34)30-21-9-4-6-12-28-21/h3-4,6,9-13,15-16,20H,1,5,7-8,14H2,2H3,(H2,27,29)(H,28,30,34). The lowest BCUT2D eigenvalue weighted by Crippen LogP contribution is -2.38. The molecule has 190 valence electrons. The second kappa shape index (κ2) is 9.75. The van der Waals surface area contributed by atoms with E-state index in [4.69, 9.17) is 10.7 Å². The Morgan fingerprint density at radius 2 is 2.03 bits per heavy atom. The van der Waals surface area contributed by atoms with Crippen LogP contribution in [0.25, 0.3) is 16.8 Å². The number of sulfonamides is 1. The zero-order chi connectivity index (χ0) is 26.2. The van der Waals surface area contributed by atoms with Gasteiger partial charge in [-0.2, -0.15) is 4.31 Å². The van der Waals surface area contributed by atoms with E-state index in [9.17, 15) is 13.2 Å². The second-order valence-corrected chi connectivity index (χ2v) is 10.7. The van der Waals surface area contributed by atoms with Crippen molar-refractivity contribution in [2.24, 2.45) is 0 Å². The Hall–Kier alpha value is -4.09. The van der Waals surface area contributed by atoms with Crippen molar-refractivity contribution in [2.75, 3.05) is 17.6 Å². The maximum atomic E-state index is 12.8. The molecule has 1 aromatic carbocycles. The number of carbonyl (C=O) groups excluding carboxylic acids is 1. The van der Waals surface area contributed by atoms with Gasteiger partial charge in [0.25, 0.3) is 5.91 Å². The monoisotopic (exact) mass is 517 g/mol. The predicted molar refractivity (Wildman–Crippen MR) is 142 cm³/mol. The van der Waals surface area contributed by atoms with Crippen molar-refractivity contribution in [2.45, 2.75) is 32.2 Å². The van der Waals surface area contributed by atoms with Crippen LogP contribution in [-0.4, -0.2) is 44.5 Å². The number of aromatic nitrogens is 4. The number of aryl methyl sites for hydroxylation is 1. The highest BCUT2D eigenvalue weighted by atomic mass is 32.2. The lowest BCUT2D eigenvalue weighted by Gasteiger charge is -2.32. The molecule has 1 saturated heterocycles. The molecule has 0 aliphatic carbocycles. The molecule has 0 saturated carbocycles. The van der Waals surface area contributed by atoms with E-state index < -0.39 is 16.1 Å². The largest absolute Gasteiger partial charge is 0.382 e. The number of anilines is 2. The molecule has 1 atom stereocenters. The van der Waals surface area contributed by atoms with Crippen LogP contribution in [0.2, 0.25) is 0 Å². The minimum absolute atomic E-state index is 0.279. The fraction of sp³-hybridized carbons (Fsp3) is 0.231. The van der Waals surface area contributed by atoms with Gasteiger partial charge in [-0.05, 0) is 49.6 Å². The molecule has 11 heteroatoms. The number of rotatable bonds is 6. The highest BCUT2D eigenvalue weighted by Crippen LogP contribution is 2.38. The van der Waals surface area contributed by atoms with Gasteiger partial charge >= 0.3 is 0 Å². The Bertz CT molecular complexity index is 1600. The maximum Gasteiger partial charge on any atom is 0.256 e. The summed E-state index contributed by atoms with van der Waals surface area (Å²) in [5, 5.41) is 3.77. The summed E-state index contributed by atoms with van der Waals surface area (Å²) in [7, 11) is -3.65. The van der Waals surface area contributed by atoms with Crippen LogP contribution in [0.15, 0.2) is 67.0 Å². The number of nitrogens with two attached hydrogens (primary N) is 1. The summed E-state index contributed by atoms with van der Waals surface area (Å²) in [5.41, 5.74) is 9.53. The van der Waals surface area contributed by atoms with Gasteiger partial charge in [0.15, 0.2) is 0 Å². The first-order chi connectivity index (χ1) is 17.8. The predicted octanol–water partition coefficient (Wildman–Crippen LogP) is 3.93. The molecule has 3 aromatic heterocycles. The van der Waals surface area contributed by atoms with Crippen LogP contribution >= 0.6 is 0 Å². The summed E-state index contributed by atoms with van der Waals surface area (Å²) in [4.78, 5) is 26.1. The quantitative estimate of drug-likeness (QED) is 0.395. The average Bonchev–Trinajstić information content (AvgIpc) is 3.30. The number of hydrogen-bond donors (Lipinski definition) is 2. The molecule has 1 fully saturated rings. The molecule has 1 amide bonds. The molecule has 0 bridgehead atoms. The van der Waals surface area contributed by atoms with E-state index in [0.717, 1.165) is 29.4 Å². The SMILES string of the molecule is C=CS(=O)(=O)N1CCCCC1c1nc(-c2ccc(C(=O)Nc3ccccn3)cc2C)c2c(N)nccn12. The van der Waals surface area contributed by atoms with Gasteiger partial charge in [0.05, 0.1) is 6.04 Å². The van der Waals surface area contributed by atoms with E-state index in [2.05, 4.69) is 21.9 Å². The fourth-order valence-corrected chi connectivity index (χ4v) is 5.90. The first-order valence-corrected chi connectivity index (χ1v) is 13.4. The number of amides is 1. The number of fused-ring (bicyclic) bond motifs is 1. The molecule has 1 aliphatic rings. The highest BCUT2D eigenvalue weighted by Gasteiger charge is 2.35. The Balaban J connectivity index is 1.58. The molecular weight excluding hydrogens is 490 g/mol. The molecular formula is C26H27N7O3S. The molecule has 0 radical (unpaired) electrons. The fourth-order valence-electron chi connectivity index (χ4n) is 4.77. The Morgan fingerprint density at radius 1 is 1.19 bits per heavy atom. The summed E-state index contributed by atoms with van der Waals surface area (Å²) < 4.78 is 28.9. The maximum absolute atomic E-state index is 12.8. The summed E-state index contributed by atoms with van der Waals surface area (Å²) >= 11 is 0. The van der Waals surface area contributed by atoms with E-state index >= 15 is 0 Å². The van der Waals surface area contributed by atoms with Gasteiger partial charge in [-0.1, -0.05) is 25.1 Å². The summed E-state index contributed by atoms with van der Waals surface area (Å²) in [6, 6.07) is 10.1. The van der Waals surface area contributed by atoms with E-state index in [1.165, 1.54) is 4.31 Å². The van der Waals surface area contributed by atoms with Gasteiger partial charge in [-0.3, -0.25) is 9.20 Å². The van der Waals surface area contributed by atoms with Gasteiger partial charge in [-0.15, -0.1) is 0 Å². The molecule has 1 unspecified atom stereocenters. The zero-order valence-corrected chi connectivity index (χ0v) is 21.1. The summed E-state index contributed by atoms with van der Waals surface area (Å²) in [6.07, 6.45) is 7.19. The molecule has 37 heavy (non-hydrogen) atoms. The Morgan fingerprint density at radius 3 is 2.76 bits per heavy atom. The number of imidazole rings is 1. The van der Waals surface area contributed by atoms with Crippen LogP contribution in [0.3, 0.4) is 0 Å². The van der Waals surface area contributed by atoms with Crippen molar-refractivity contribution in [1.82, 2.24) is 23.7 Å². The molecule has 4 heterocycles. The van der Waals surface area contributed by atoms with Gasteiger partial charge in [0.2, 0.25) is 10.0 Å². The number of hydrogen-bond acceptors (Lipinski definition) is 7. The van der Waals surface area contributed by atoms with E-state index in [-0.39, 0.29) is 11.7 Å². The first-order valence-electron chi connectivity index (χ1n) is 11.9. The van der Waals surface area contributed by atoms with Crippen molar-refractivity contribution in [1.29, 1.82) is 0 Å². The third-order valence-electron chi connectivity index (χ3n) is 6.55. The van der Waals surface area contributed by atoms with Crippen LogP contribution < -0.4 is 11.1 Å². The lowest BCUT2D eigenvalue weighted by atomic mass is 10.0. The van der Waals surface area contributed by atoms with Crippen LogP contribution in [0, 0.1) is 6.92 Å². The van der Waals surface area contributed by atoms with E-state index in [0.29, 0.717) is 41.4 Å². The molecule has 3 N–H and O–H groups in total. The normalized spacial score (nSPS) is 16.5. The Labute approximate surface area is 214 Å². The number of nitrogens with zero attached hydrogens (tertiary/aromatic N) is 5. The number of piperidine rings is 1. The number of pyridine rings is 1. The molecule has 5 rings (SSSR count). The average molecular weight is 518 g/mol. The van der Waals surface area contributed by atoms with Crippen LogP contribution in [0.1, 0.15) is 47.1 Å². The number of benzene rings is 1. The van der Waals surface area contributed by atoms with E-state index in [1.54, 1.807) is 48.9 Å². The van der Waals surface area contributed by atoms with Crippen molar-refractivity contribution in [3.63, 3.8) is 0 Å². The molecule has 4 aromatic rings. The second-order valence-electron chi connectivity index (χ2n) is 8.88. The summed E-state index contributed by atoms with van der Waals surface area (Å²) in [6.45, 7) is 5.78. The minimum atomic E-state index is -3.65. The van der Waals surface area contributed by atoms with E-state index in [1.807, 2.05) is 17.4 Å². The van der Waals surface area contributed by atoms with Crippen LogP contribution in [0.5, 0.6) is 0 Å². The van der Waals surface area contributed by atoms with Crippen molar-refractivity contribution in [3.8, 4) is 11.3 Å². The van der Waals surface area contributed by atoms with Crippen LogP contribution in [0.4, 0.5) is 11.6 Å². The number of nitrogen functional groups attached to an aromatic ring is 1. The highest BCUT2D eigenvalue weighted by molar-refractivity contribution is 7.92. The third-order valence-corrected chi connectivity index (χ3v) is 8.06. The lowest BCUT2D eigenvalue weighted by molar-refractivity contribution is 0.102. The third kappa shape index (κ3) is 4.58. The number of carbonyl (C=O) groups is 1. The topological polar surface area (TPSA) is 136 Å². The van der Waals surface area contributed by atoms with Gasteiger partial charge in [-0.25, -0.2) is 23.4 Å².